The first-order valence-electron chi connectivity index (χ1n) is 14.2. The van der Waals surface area contributed by atoms with Crippen LogP contribution in [0.25, 0.3) is 17.2 Å². The standard InChI is InChI=1S/C36H44/c1-8-28-16-25(5)31(17-28)21-34-26(6)14-22(2)15-36(34)32-11-9-10-30-18-29(20-35(30)32)19-33-24(4)13-12-23(3)27(33)7/h9-15,18,23,25,28,31,33H,4,7-8,16-17,19-21H2,1-3,5-6H3. The molecule has 0 aliphatic heterocycles. The molecule has 188 valence electrons. The van der Waals surface area contributed by atoms with Crippen molar-refractivity contribution in [1.82, 2.24) is 0 Å². The summed E-state index contributed by atoms with van der Waals surface area (Å²) in [5, 5.41) is 0. The van der Waals surface area contributed by atoms with E-state index in [1.165, 1.54) is 75.8 Å². The number of fused-ring (bicyclic) bond motifs is 1. The zero-order chi connectivity index (χ0) is 25.6. The summed E-state index contributed by atoms with van der Waals surface area (Å²) in [6, 6.07) is 11.8. The van der Waals surface area contributed by atoms with Gasteiger partial charge in [-0.15, -0.1) is 0 Å². The van der Waals surface area contributed by atoms with E-state index in [1.807, 2.05) is 0 Å². The monoisotopic (exact) mass is 476 g/mol. The van der Waals surface area contributed by atoms with Crippen LogP contribution in [0.4, 0.5) is 0 Å². The lowest BCUT2D eigenvalue weighted by atomic mass is 9.77. The maximum atomic E-state index is 4.44. The van der Waals surface area contributed by atoms with Gasteiger partial charge in [0.1, 0.15) is 0 Å². The Morgan fingerprint density at radius 1 is 0.972 bits per heavy atom. The predicted octanol–water partition coefficient (Wildman–Crippen LogP) is 9.85. The third kappa shape index (κ3) is 4.72. The summed E-state index contributed by atoms with van der Waals surface area (Å²) in [6.45, 7) is 20.5. The Kier molecular flexibility index (Phi) is 6.99. The van der Waals surface area contributed by atoms with Gasteiger partial charge in [-0.2, -0.15) is 0 Å². The molecule has 0 saturated heterocycles. The quantitative estimate of drug-likeness (QED) is 0.364. The molecule has 0 N–H and O–H groups in total. The zero-order valence-corrected chi connectivity index (χ0v) is 23.2. The molecule has 1 fully saturated rings. The minimum absolute atomic E-state index is 0.362. The average Bonchev–Trinajstić information content (AvgIpc) is 3.43. The van der Waals surface area contributed by atoms with Crippen LogP contribution in [0.15, 0.2) is 72.4 Å². The normalized spacial score (nSPS) is 27.5. The molecular formula is C36H44. The second-order valence-corrected chi connectivity index (χ2v) is 12.2. The average molecular weight is 477 g/mol. The third-order valence-electron chi connectivity index (χ3n) is 9.62. The summed E-state index contributed by atoms with van der Waals surface area (Å²) >= 11 is 0. The van der Waals surface area contributed by atoms with Crippen molar-refractivity contribution < 1.29 is 0 Å². The van der Waals surface area contributed by atoms with Gasteiger partial charge in [0.25, 0.3) is 0 Å². The van der Waals surface area contributed by atoms with Gasteiger partial charge in [-0.3, -0.25) is 0 Å². The van der Waals surface area contributed by atoms with Crippen molar-refractivity contribution in [3.8, 4) is 11.1 Å². The van der Waals surface area contributed by atoms with E-state index >= 15 is 0 Å². The Bertz CT molecular complexity index is 1250. The highest BCUT2D eigenvalue weighted by Crippen LogP contribution is 2.44. The van der Waals surface area contributed by atoms with Crippen molar-refractivity contribution in [1.29, 1.82) is 0 Å². The second-order valence-electron chi connectivity index (χ2n) is 12.2. The van der Waals surface area contributed by atoms with Gasteiger partial charge in [0.05, 0.1) is 0 Å². The lowest BCUT2D eigenvalue weighted by Crippen LogP contribution is -2.15. The van der Waals surface area contributed by atoms with E-state index in [2.05, 4.69) is 96.3 Å². The fourth-order valence-corrected chi connectivity index (χ4v) is 7.27. The van der Waals surface area contributed by atoms with Crippen molar-refractivity contribution in [3.05, 3.63) is 100 Å². The topological polar surface area (TPSA) is 0 Å². The molecule has 0 nitrogen and oxygen atoms in total. The summed E-state index contributed by atoms with van der Waals surface area (Å²) in [7, 11) is 0. The summed E-state index contributed by atoms with van der Waals surface area (Å²) in [5.41, 5.74) is 14.3. The number of rotatable bonds is 6. The van der Waals surface area contributed by atoms with Crippen molar-refractivity contribution in [2.75, 3.05) is 0 Å². The van der Waals surface area contributed by atoms with E-state index in [9.17, 15) is 0 Å². The summed E-state index contributed by atoms with van der Waals surface area (Å²) < 4.78 is 0. The van der Waals surface area contributed by atoms with Crippen molar-refractivity contribution in [2.45, 2.75) is 73.1 Å². The lowest BCUT2D eigenvalue weighted by Gasteiger charge is -2.28. The van der Waals surface area contributed by atoms with Crippen LogP contribution >= 0.6 is 0 Å². The molecule has 0 spiro atoms. The van der Waals surface area contributed by atoms with Gasteiger partial charge >= 0.3 is 0 Å². The van der Waals surface area contributed by atoms with Gasteiger partial charge in [0, 0.05) is 5.92 Å². The van der Waals surface area contributed by atoms with E-state index in [-0.39, 0.29) is 0 Å². The van der Waals surface area contributed by atoms with Crippen LogP contribution in [0.1, 0.15) is 74.3 Å². The van der Waals surface area contributed by atoms with Gasteiger partial charge in [0.15, 0.2) is 0 Å². The number of allylic oxidation sites excluding steroid dienone is 5. The van der Waals surface area contributed by atoms with Crippen LogP contribution in [0.2, 0.25) is 0 Å². The molecule has 3 aliphatic carbocycles. The third-order valence-corrected chi connectivity index (χ3v) is 9.62. The van der Waals surface area contributed by atoms with Crippen LogP contribution in [0, 0.1) is 43.4 Å². The molecule has 3 aliphatic rings. The highest BCUT2D eigenvalue weighted by atomic mass is 14.4. The molecule has 2 aromatic carbocycles. The second kappa shape index (κ2) is 10.0. The van der Waals surface area contributed by atoms with Crippen LogP contribution in [0.3, 0.4) is 0 Å². The van der Waals surface area contributed by atoms with Crippen molar-refractivity contribution in [2.24, 2.45) is 29.6 Å². The van der Waals surface area contributed by atoms with Crippen LogP contribution < -0.4 is 0 Å². The fraction of sp³-hybridized carbons (Fsp3) is 0.444. The molecule has 5 unspecified atom stereocenters. The number of aryl methyl sites for hydroxylation is 2. The smallest absolute Gasteiger partial charge is 0.00826 e. The largest absolute Gasteiger partial charge is 0.0986 e. The van der Waals surface area contributed by atoms with Crippen LogP contribution in [-0.2, 0) is 12.8 Å². The molecule has 0 heteroatoms. The van der Waals surface area contributed by atoms with E-state index in [4.69, 9.17) is 0 Å². The van der Waals surface area contributed by atoms with Gasteiger partial charge in [0.2, 0.25) is 0 Å². The minimum Gasteiger partial charge on any atom is -0.0986 e. The molecule has 1 saturated carbocycles. The van der Waals surface area contributed by atoms with E-state index < -0.39 is 0 Å². The Hall–Kier alpha value is -2.60. The number of benzene rings is 2. The highest BCUT2D eigenvalue weighted by Gasteiger charge is 2.32. The minimum atomic E-state index is 0.362. The van der Waals surface area contributed by atoms with Crippen molar-refractivity contribution >= 4 is 6.08 Å². The summed E-state index contributed by atoms with van der Waals surface area (Å²) in [5.74, 6) is 3.34. The molecule has 36 heavy (non-hydrogen) atoms. The summed E-state index contributed by atoms with van der Waals surface area (Å²) in [6.07, 6.45) is 14.3. The first-order valence-corrected chi connectivity index (χ1v) is 14.2. The van der Waals surface area contributed by atoms with E-state index in [0.29, 0.717) is 11.8 Å². The Labute approximate surface area is 219 Å². The molecule has 0 radical (unpaired) electrons. The van der Waals surface area contributed by atoms with Crippen molar-refractivity contribution in [3.63, 3.8) is 0 Å². The molecule has 0 heterocycles. The first kappa shape index (κ1) is 25.1. The van der Waals surface area contributed by atoms with Gasteiger partial charge in [-0.1, -0.05) is 106 Å². The predicted molar refractivity (Wildman–Crippen MR) is 157 cm³/mol. The molecule has 0 bridgehead atoms. The Morgan fingerprint density at radius 3 is 2.53 bits per heavy atom. The first-order chi connectivity index (χ1) is 17.2. The maximum Gasteiger partial charge on any atom is 0.00826 e. The molecule has 5 rings (SSSR count). The van der Waals surface area contributed by atoms with Gasteiger partial charge in [-0.05, 0) is 109 Å². The van der Waals surface area contributed by atoms with Crippen LogP contribution in [-0.4, -0.2) is 0 Å². The highest BCUT2D eigenvalue weighted by molar-refractivity contribution is 5.80. The number of hydrogen-bond acceptors (Lipinski definition) is 0. The van der Waals surface area contributed by atoms with Gasteiger partial charge in [-0.25, -0.2) is 0 Å². The molecular weight excluding hydrogens is 432 g/mol. The number of hydrogen-bond donors (Lipinski definition) is 0. The maximum absolute atomic E-state index is 4.44. The Balaban J connectivity index is 1.45. The summed E-state index contributed by atoms with van der Waals surface area (Å²) in [4.78, 5) is 0. The molecule has 2 aromatic rings. The van der Waals surface area contributed by atoms with Gasteiger partial charge < -0.3 is 0 Å². The molecule has 0 aromatic heterocycles. The van der Waals surface area contributed by atoms with Crippen LogP contribution in [0.5, 0.6) is 0 Å². The molecule has 5 atom stereocenters. The molecule has 0 amide bonds. The van der Waals surface area contributed by atoms with E-state index in [0.717, 1.165) is 30.6 Å². The fourth-order valence-electron chi connectivity index (χ4n) is 7.27. The SMILES string of the molecule is C=C1C=CC(C)C(=C)C1CC1=Cc2cccc(-c3cc(C)cc(C)c3CC3CC(CC)CC3C)c2C1. The zero-order valence-electron chi connectivity index (χ0n) is 23.2. The Morgan fingerprint density at radius 2 is 1.78 bits per heavy atom. The van der Waals surface area contributed by atoms with E-state index in [1.54, 1.807) is 5.56 Å². The lowest BCUT2D eigenvalue weighted by molar-refractivity contribution is 0.416.